The highest BCUT2D eigenvalue weighted by Gasteiger charge is 2.33. The second-order valence-electron chi connectivity index (χ2n) is 9.84. The number of methoxy groups -OCH3 is 1. The molecule has 0 radical (unpaired) electrons. The molecule has 2 amide bonds. The molecule has 0 aromatic heterocycles. The van der Waals surface area contributed by atoms with Crippen LogP contribution in [0.5, 0.6) is 5.75 Å². The first-order chi connectivity index (χ1) is 19.2. The molecule has 0 spiro atoms. The smallest absolute Gasteiger partial charge is 0.264 e. The first kappa shape index (κ1) is 29.1. The third kappa shape index (κ3) is 6.98. The fourth-order valence-corrected chi connectivity index (χ4v) is 6.17. The Morgan fingerprint density at radius 3 is 2.20 bits per heavy atom. The van der Waals surface area contributed by atoms with Gasteiger partial charge in [-0.25, -0.2) is 12.8 Å². The lowest BCUT2D eigenvalue weighted by atomic mass is 10.1. The Morgan fingerprint density at radius 2 is 1.60 bits per heavy atom. The van der Waals surface area contributed by atoms with Crippen LogP contribution in [0.2, 0.25) is 0 Å². The Balaban J connectivity index is 1.66. The number of benzene rings is 3. The van der Waals surface area contributed by atoms with Crippen LogP contribution in [0.25, 0.3) is 0 Å². The summed E-state index contributed by atoms with van der Waals surface area (Å²) in [7, 11) is -2.69. The van der Waals surface area contributed by atoms with Gasteiger partial charge in [0.25, 0.3) is 10.0 Å². The number of nitrogens with one attached hydrogen (secondary N) is 1. The molecule has 0 heterocycles. The molecule has 1 atom stereocenters. The van der Waals surface area contributed by atoms with E-state index in [4.69, 9.17) is 4.74 Å². The number of hydrogen-bond donors (Lipinski definition) is 1. The van der Waals surface area contributed by atoms with Gasteiger partial charge >= 0.3 is 0 Å². The van der Waals surface area contributed by atoms with Crippen LogP contribution >= 0.6 is 0 Å². The van der Waals surface area contributed by atoms with Gasteiger partial charge in [-0.05, 0) is 73.9 Å². The molecule has 1 aliphatic rings. The molecule has 3 aromatic rings. The van der Waals surface area contributed by atoms with E-state index in [9.17, 15) is 22.4 Å². The molecule has 1 aliphatic carbocycles. The molecule has 8 nitrogen and oxygen atoms in total. The predicted octanol–water partition coefficient (Wildman–Crippen LogP) is 4.51. The van der Waals surface area contributed by atoms with E-state index < -0.39 is 34.3 Å². The number of carbonyl (C=O) groups is 2. The molecule has 0 bridgehead atoms. The van der Waals surface area contributed by atoms with Gasteiger partial charge in [0.15, 0.2) is 0 Å². The minimum Gasteiger partial charge on any atom is -0.497 e. The van der Waals surface area contributed by atoms with Crippen molar-refractivity contribution in [3.63, 3.8) is 0 Å². The Kier molecular flexibility index (Phi) is 9.42. The van der Waals surface area contributed by atoms with E-state index >= 15 is 0 Å². The number of hydrogen-bond acceptors (Lipinski definition) is 5. The van der Waals surface area contributed by atoms with Crippen molar-refractivity contribution in [2.75, 3.05) is 18.0 Å². The van der Waals surface area contributed by atoms with Gasteiger partial charge < -0.3 is 15.0 Å². The number of halogens is 1. The number of ether oxygens (including phenoxy) is 1. The van der Waals surface area contributed by atoms with E-state index in [0.717, 1.165) is 59.8 Å². The molecule has 40 heavy (non-hydrogen) atoms. The van der Waals surface area contributed by atoms with Crippen molar-refractivity contribution in [2.45, 2.75) is 56.1 Å². The molecule has 1 saturated carbocycles. The third-order valence-corrected chi connectivity index (χ3v) is 8.89. The Hall–Kier alpha value is -3.92. The summed E-state index contributed by atoms with van der Waals surface area (Å²) < 4.78 is 47.2. The van der Waals surface area contributed by atoms with Crippen LogP contribution in [0.3, 0.4) is 0 Å². The SMILES string of the molecule is COc1ccc(CN(C(=O)CN(c2ccccc2)S(=O)(=O)c2ccc(F)cc2)C(C)C(=O)NC2CCCC2)cc1. The van der Waals surface area contributed by atoms with Crippen molar-refractivity contribution in [1.29, 1.82) is 0 Å². The minimum absolute atomic E-state index is 0.0626. The van der Waals surface area contributed by atoms with Crippen LogP contribution < -0.4 is 14.4 Å². The summed E-state index contributed by atoms with van der Waals surface area (Å²) in [6, 6.07) is 19.0. The van der Waals surface area contributed by atoms with Gasteiger partial charge in [0.05, 0.1) is 17.7 Å². The van der Waals surface area contributed by atoms with Crippen LogP contribution in [0.15, 0.2) is 83.8 Å². The fourth-order valence-electron chi connectivity index (χ4n) is 4.76. The number of sulfonamides is 1. The molecule has 10 heteroatoms. The largest absolute Gasteiger partial charge is 0.497 e. The second kappa shape index (κ2) is 13.0. The summed E-state index contributed by atoms with van der Waals surface area (Å²) in [6.45, 7) is 1.18. The Labute approximate surface area is 234 Å². The molecule has 1 fully saturated rings. The molecule has 1 unspecified atom stereocenters. The van der Waals surface area contributed by atoms with Gasteiger partial charge in [0, 0.05) is 12.6 Å². The first-order valence-corrected chi connectivity index (χ1v) is 14.7. The summed E-state index contributed by atoms with van der Waals surface area (Å²) in [4.78, 5) is 28.4. The molecule has 0 saturated heterocycles. The number of rotatable bonds is 11. The Morgan fingerprint density at radius 1 is 0.975 bits per heavy atom. The Bertz CT molecular complexity index is 1390. The summed E-state index contributed by atoms with van der Waals surface area (Å²) in [5.41, 5.74) is 1.02. The quantitative estimate of drug-likeness (QED) is 0.368. The van der Waals surface area contributed by atoms with E-state index in [-0.39, 0.29) is 29.1 Å². The summed E-state index contributed by atoms with van der Waals surface area (Å²) in [5.74, 6) is -0.774. The van der Waals surface area contributed by atoms with Gasteiger partial charge in [0.2, 0.25) is 11.8 Å². The normalized spacial score (nSPS) is 14.4. The molecular formula is C30H34FN3O5S. The standard InChI is InChI=1S/C30H34FN3O5S/c1-22(30(36)32-25-8-6-7-9-25)33(20-23-12-16-27(39-2)17-13-23)29(35)21-34(26-10-4-3-5-11-26)40(37,38)28-18-14-24(31)15-19-28/h3-5,10-19,22,25H,6-9,20-21H2,1-2H3,(H,32,36). The maximum absolute atomic E-state index is 13.9. The molecule has 3 aromatic carbocycles. The number of para-hydroxylation sites is 1. The third-order valence-electron chi connectivity index (χ3n) is 7.11. The molecular weight excluding hydrogens is 533 g/mol. The molecule has 4 rings (SSSR count). The number of amides is 2. The van der Waals surface area contributed by atoms with E-state index in [1.165, 1.54) is 4.90 Å². The summed E-state index contributed by atoms with van der Waals surface area (Å²) in [5, 5.41) is 3.04. The van der Waals surface area contributed by atoms with Gasteiger partial charge in [0.1, 0.15) is 24.2 Å². The number of nitrogens with zero attached hydrogens (tertiary/aromatic N) is 2. The van der Waals surface area contributed by atoms with Crippen molar-refractivity contribution in [2.24, 2.45) is 0 Å². The molecule has 212 valence electrons. The maximum atomic E-state index is 13.9. The first-order valence-electron chi connectivity index (χ1n) is 13.2. The fraction of sp³-hybridized carbons (Fsp3) is 0.333. The second-order valence-corrected chi connectivity index (χ2v) is 11.7. The highest BCUT2D eigenvalue weighted by atomic mass is 32.2. The van der Waals surface area contributed by atoms with Gasteiger partial charge in [-0.2, -0.15) is 0 Å². The van der Waals surface area contributed by atoms with Crippen molar-refractivity contribution >= 4 is 27.5 Å². The van der Waals surface area contributed by atoms with Crippen LogP contribution in [0.4, 0.5) is 10.1 Å². The van der Waals surface area contributed by atoms with Crippen molar-refractivity contribution in [3.8, 4) is 5.75 Å². The maximum Gasteiger partial charge on any atom is 0.264 e. The van der Waals surface area contributed by atoms with Crippen molar-refractivity contribution in [1.82, 2.24) is 10.2 Å². The molecule has 0 aliphatic heterocycles. The van der Waals surface area contributed by atoms with Gasteiger partial charge in [-0.1, -0.05) is 43.2 Å². The van der Waals surface area contributed by atoms with Gasteiger partial charge in [-0.15, -0.1) is 0 Å². The summed E-state index contributed by atoms with van der Waals surface area (Å²) >= 11 is 0. The van der Waals surface area contributed by atoms with E-state index in [1.807, 2.05) is 0 Å². The van der Waals surface area contributed by atoms with Crippen molar-refractivity contribution in [3.05, 3.63) is 90.2 Å². The average Bonchev–Trinajstić information content (AvgIpc) is 3.48. The van der Waals surface area contributed by atoms with Gasteiger partial charge in [-0.3, -0.25) is 13.9 Å². The highest BCUT2D eigenvalue weighted by Crippen LogP contribution is 2.25. The zero-order valence-electron chi connectivity index (χ0n) is 22.6. The lowest BCUT2D eigenvalue weighted by molar-refractivity contribution is -0.139. The predicted molar refractivity (Wildman–Crippen MR) is 151 cm³/mol. The zero-order chi connectivity index (χ0) is 28.7. The van der Waals surface area contributed by atoms with Crippen molar-refractivity contribution < 1.29 is 27.1 Å². The van der Waals surface area contributed by atoms with Crippen LogP contribution in [0, 0.1) is 5.82 Å². The van der Waals surface area contributed by atoms with Crippen LogP contribution in [-0.4, -0.2) is 50.9 Å². The van der Waals surface area contributed by atoms with Crippen LogP contribution in [0.1, 0.15) is 38.2 Å². The topological polar surface area (TPSA) is 96.0 Å². The van der Waals surface area contributed by atoms with E-state index in [2.05, 4.69) is 5.32 Å². The van der Waals surface area contributed by atoms with E-state index in [1.54, 1.807) is 68.6 Å². The molecule has 1 N–H and O–H groups in total. The lowest BCUT2D eigenvalue weighted by Gasteiger charge is -2.32. The highest BCUT2D eigenvalue weighted by molar-refractivity contribution is 7.92. The lowest BCUT2D eigenvalue weighted by Crippen LogP contribution is -2.52. The average molecular weight is 568 g/mol. The van der Waals surface area contributed by atoms with E-state index in [0.29, 0.717) is 5.75 Å². The minimum atomic E-state index is -4.24. The monoisotopic (exact) mass is 567 g/mol. The number of anilines is 1. The summed E-state index contributed by atoms with van der Waals surface area (Å²) in [6.07, 6.45) is 3.87. The number of carbonyl (C=O) groups excluding carboxylic acids is 2. The van der Waals surface area contributed by atoms with Crippen LogP contribution in [-0.2, 0) is 26.2 Å². The zero-order valence-corrected chi connectivity index (χ0v) is 23.4.